The highest BCUT2D eigenvalue weighted by Gasteiger charge is 2.18. The SMILES string of the molecule is CC[C@@H](NS(=O)(=O)Cc1ccc(Cl)cc1)c1ccccc1. The van der Waals surface area contributed by atoms with Crippen LogP contribution < -0.4 is 4.72 Å². The van der Waals surface area contributed by atoms with Crippen molar-refractivity contribution in [1.29, 1.82) is 0 Å². The van der Waals surface area contributed by atoms with Crippen molar-refractivity contribution in [3.8, 4) is 0 Å². The van der Waals surface area contributed by atoms with E-state index >= 15 is 0 Å². The first-order chi connectivity index (χ1) is 10.00. The predicted octanol–water partition coefficient (Wildman–Crippen LogP) is 3.91. The van der Waals surface area contributed by atoms with Crippen LogP contribution in [0, 0.1) is 0 Å². The molecule has 1 N–H and O–H groups in total. The second-order valence-corrected chi connectivity index (χ2v) is 7.07. The molecule has 5 heteroatoms. The summed E-state index contributed by atoms with van der Waals surface area (Å²) in [5.74, 6) is -0.0481. The van der Waals surface area contributed by atoms with Gasteiger partial charge in [0.15, 0.2) is 0 Å². The van der Waals surface area contributed by atoms with Crippen molar-refractivity contribution in [2.45, 2.75) is 25.1 Å². The molecule has 1 atom stereocenters. The summed E-state index contributed by atoms with van der Waals surface area (Å²) in [5, 5.41) is 0.597. The minimum Gasteiger partial charge on any atom is -0.212 e. The lowest BCUT2D eigenvalue weighted by Crippen LogP contribution is -2.29. The third-order valence-electron chi connectivity index (χ3n) is 3.20. The molecule has 0 aliphatic rings. The molecule has 0 aliphatic carbocycles. The molecule has 0 unspecified atom stereocenters. The Morgan fingerprint density at radius 3 is 2.24 bits per heavy atom. The molecule has 0 saturated carbocycles. The number of benzene rings is 2. The topological polar surface area (TPSA) is 46.2 Å². The number of sulfonamides is 1. The lowest BCUT2D eigenvalue weighted by atomic mass is 10.1. The number of hydrogen-bond donors (Lipinski definition) is 1. The minimum atomic E-state index is -3.40. The van der Waals surface area contributed by atoms with Crippen molar-refractivity contribution in [3.05, 3.63) is 70.7 Å². The molecule has 0 fully saturated rings. The van der Waals surface area contributed by atoms with E-state index in [1.54, 1.807) is 24.3 Å². The zero-order valence-electron chi connectivity index (χ0n) is 11.8. The molecule has 2 rings (SSSR count). The van der Waals surface area contributed by atoms with Crippen LogP contribution in [0.5, 0.6) is 0 Å². The van der Waals surface area contributed by atoms with Crippen molar-refractivity contribution in [2.24, 2.45) is 0 Å². The van der Waals surface area contributed by atoms with E-state index in [9.17, 15) is 8.42 Å². The van der Waals surface area contributed by atoms with Crippen LogP contribution in [0.25, 0.3) is 0 Å². The van der Waals surface area contributed by atoms with E-state index in [0.29, 0.717) is 11.4 Å². The Morgan fingerprint density at radius 2 is 1.67 bits per heavy atom. The Labute approximate surface area is 131 Å². The van der Waals surface area contributed by atoms with E-state index in [1.165, 1.54) is 0 Å². The van der Waals surface area contributed by atoms with Crippen molar-refractivity contribution in [1.82, 2.24) is 4.72 Å². The van der Waals surface area contributed by atoms with Crippen LogP contribution in [-0.2, 0) is 15.8 Å². The summed E-state index contributed by atoms with van der Waals surface area (Å²) in [5.41, 5.74) is 1.69. The lowest BCUT2D eigenvalue weighted by Gasteiger charge is -2.17. The summed E-state index contributed by atoms with van der Waals surface area (Å²) >= 11 is 5.80. The molecule has 0 heterocycles. The zero-order valence-corrected chi connectivity index (χ0v) is 13.4. The molecule has 112 valence electrons. The van der Waals surface area contributed by atoms with E-state index in [1.807, 2.05) is 37.3 Å². The fourth-order valence-corrected chi connectivity index (χ4v) is 3.71. The molecule has 0 radical (unpaired) electrons. The second kappa shape index (κ2) is 7.07. The second-order valence-electron chi connectivity index (χ2n) is 4.87. The van der Waals surface area contributed by atoms with Crippen LogP contribution in [0.15, 0.2) is 54.6 Å². The smallest absolute Gasteiger partial charge is 0.212 e. The molecular formula is C16H18ClNO2S. The molecule has 21 heavy (non-hydrogen) atoms. The Balaban J connectivity index is 2.10. The molecule has 2 aromatic carbocycles. The lowest BCUT2D eigenvalue weighted by molar-refractivity contribution is 0.549. The highest BCUT2D eigenvalue weighted by atomic mass is 35.5. The summed E-state index contributed by atoms with van der Waals surface area (Å²) < 4.78 is 27.3. The average molecular weight is 324 g/mol. The molecule has 0 aliphatic heterocycles. The standard InChI is InChI=1S/C16H18ClNO2S/c1-2-16(14-6-4-3-5-7-14)18-21(19,20)12-13-8-10-15(17)11-9-13/h3-11,16,18H,2,12H2,1H3/t16-/m1/s1. The molecular weight excluding hydrogens is 306 g/mol. The maximum absolute atomic E-state index is 12.3. The number of rotatable bonds is 6. The number of halogens is 1. The Hall–Kier alpha value is -1.36. The third-order valence-corrected chi connectivity index (χ3v) is 4.81. The van der Waals surface area contributed by atoms with Gasteiger partial charge in [0.25, 0.3) is 0 Å². The van der Waals surface area contributed by atoms with Crippen molar-refractivity contribution in [2.75, 3.05) is 0 Å². The van der Waals surface area contributed by atoms with Crippen molar-refractivity contribution in [3.63, 3.8) is 0 Å². The zero-order chi connectivity index (χ0) is 15.3. The van der Waals surface area contributed by atoms with Gasteiger partial charge in [0.2, 0.25) is 10.0 Å². The molecule has 2 aromatic rings. The Morgan fingerprint density at radius 1 is 1.05 bits per heavy atom. The van der Waals surface area contributed by atoms with Gasteiger partial charge in [-0.3, -0.25) is 0 Å². The molecule has 0 bridgehead atoms. The third kappa shape index (κ3) is 4.84. The van der Waals surface area contributed by atoms with Crippen LogP contribution in [0.4, 0.5) is 0 Å². The minimum absolute atomic E-state index is 0.0481. The summed E-state index contributed by atoms with van der Waals surface area (Å²) in [6.07, 6.45) is 0.698. The van der Waals surface area contributed by atoms with Crippen molar-refractivity contribution >= 4 is 21.6 Å². The Bertz CT molecular complexity index is 669. The van der Waals surface area contributed by atoms with Gasteiger partial charge >= 0.3 is 0 Å². The first-order valence-electron chi connectivity index (χ1n) is 6.79. The molecule has 0 spiro atoms. The van der Waals surface area contributed by atoms with Gasteiger partial charge in [0.05, 0.1) is 5.75 Å². The van der Waals surface area contributed by atoms with Crippen LogP contribution in [-0.4, -0.2) is 8.42 Å². The summed E-state index contributed by atoms with van der Waals surface area (Å²) in [4.78, 5) is 0. The highest BCUT2D eigenvalue weighted by Crippen LogP contribution is 2.19. The maximum Gasteiger partial charge on any atom is 0.216 e. The normalized spacial score (nSPS) is 13.0. The van der Waals surface area contributed by atoms with Crippen molar-refractivity contribution < 1.29 is 8.42 Å². The first-order valence-corrected chi connectivity index (χ1v) is 8.82. The molecule has 0 aromatic heterocycles. The monoisotopic (exact) mass is 323 g/mol. The summed E-state index contributed by atoms with van der Waals surface area (Å²) in [7, 11) is -3.40. The first kappa shape index (κ1) is 16.0. The molecule has 0 amide bonds. The van der Waals surface area contributed by atoms with E-state index in [2.05, 4.69) is 4.72 Å². The quantitative estimate of drug-likeness (QED) is 0.876. The Kier molecular flexibility index (Phi) is 5.39. The van der Waals surface area contributed by atoms with Crippen LogP contribution in [0.1, 0.15) is 30.5 Å². The fourth-order valence-electron chi connectivity index (χ4n) is 2.13. The largest absolute Gasteiger partial charge is 0.216 e. The predicted molar refractivity (Wildman–Crippen MR) is 86.7 cm³/mol. The van der Waals surface area contributed by atoms with Crippen LogP contribution in [0.2, 0.25) is 5.02 Å². The highest BCUT2D eigenvalue weighted by molar-refractivity contribution is 7.88. The summed E-state index contributed by atoms with van der Waals surface area (Å²) in [6, 6.07) is 16.2. The van der Waals surface area contributed by atoms with Gasteiger partial charge in [-0.15, -0.1) is 0 Å². The van der Waals surface area contributed by atoms with Gasteiger partial charge in [0, 0.05) is 11.1 Å². The number of nitrogens with one attached hydrogen (secondary N) is 1. The van der Waals surface area contributed by atoms with Gasteiger partial charge in [-0.2, -0.15) is 0 Å². The van der Waals surface area contributed by atoms with Crippen LogP contribution >= 0.6 is 11.6 Å². The van der Waals surface area contributed by atoms with E-state index in [0.717, 1.165) is 11.1 Å². The van der Waals surface area contributed by atoms with E-state index in [-0.39, 0.29) is 11.8 Å². The van der Waals surface area contributed by atoms with Gasteiger partial charge < -0.3 is 0 Å². The van der Waals surface area contributed by atoms with Gasteiger partial charge in [-0.25, -0.2) is 13.1 Å². The molecule has 0 saturated heterocycles. The van der Waals surface area contributed by atoms with Gasteiger partial charge in [0.1, 0.15) is 0 Å². The van der Waals surface area contributed by atoms with Crippen LogP contribution in [0.3, 0.4) is 0 Å². The fraction of sp³-hybridized carbons (Fsp3) is 0.250. The summed E-state index contributed by atoms with van der Waals surface area (Å²) in [6.45, 7) is 1.96. The maximum atomic E-state index is 12.3. The average Bonchev–Trinajstić information content (AvgIpc) is 2.48. The van der Waals surface area contributed by atoms with Gasteiger partial charge in [-0.05, 0) is 29.7 Å². The van der Waals surface area contributed by atoms with E-state index in [4.69, 9.17) is 11.6 Å². The van der Waals surface area contributed by atoms with Gasteiger partial charge in [-0.1, -0.05) is 61.0 Å². The number of hydrogen-bond acceptors (Lipinski definition) is 2. The molecule has 3 nitrogen and oxygen atoms in total. The van der Waals surface area contributed by atoms with E-state index < -0.39 is 10.0 Å².